The van der Waals surface area contributed by atoms with Crippen LogP contribution in [0.4, 0.5) is 0 Å². The molecule has 3 N–H and O–H groups in total. The van der Waals surface area contributed by atoms with Gasteiger partial charge in [0, 0.05) is 6.20 Å². The molecule has 0 aliphatic rings. The Hall–Kier alpha value is -1.42. The van der Waals surface area contributed by atoms with Crippen LogP contribution in [-0.2, 0) is 5.41 Å². The van der Waals surface area contributed by atoms with Crippen molar-refractivity contribution in [2.75, 3.05) is 0 Å². The molecule has 0 spiro atoms. The van der Waals surface area contributed by atoms with Gasteiger partial charge in [-0.3, -0.25) is 5.84 Å². The molecule has 106 valence electrons. The van der Waals surface area contributed by atoms with Crippen LogP contribution in [0.2, 0.25) is 5.15 Å². The maximum absolute atomic E-state index is 5.94. The predicted molar refractivity (Wildman–Crippen MR) is 83.6 cm³/mol. The normalized spacial score (nSPS) is 13.2. The fourth-order valence-corrected chi connectivity index (χ4v) is 2.34. The van der Waals surface area contributed by atoms with E-state index >= 15 is 0 Å². The highest BCUT2D eigenvalue weighted by atomic mass is 35.5. The van der Waals surface area contributed by atoms with Crippen LogP contribution >= 0.6 is 11.6 Å². The molecule has 0 aliphatic heterocycles. The number of hydrogen-bond donors (Lipinski definition) is 2. The number of halogens is 1. The highest BCUT2D eigenvalue weighted by molar-refractivity contribution is 6.29. The number of aromatic nitrogens is 1. The number of nitrogens with one attached hydrogen (secondary N) is 1. The molecular formula is C16H20ClN3. The van der Waals surface area contributed by atoms with Crippen LogP contribution in [0.15, 0.2) is 42.6 Å². The lowest BCUT2D eigenvalue weighted by molar-refractivity contribution is 0.588. The van der Waals surface area contributed by atoms with Gasteiger partial charge in [-0.15, -0.1) is 0 Å². The first-order valence-electron chi connectivity index (χ1n) is 6.60. The zero-order chi connectivity index (χ0) is 14.8. The fraction of sp³-hybridized carbons (Fsp3) is 0.312. The molecule has 1 heterocycles. The molecule has 1 aromatic heterocycles. The van der Waals surface area contributed by atoms with Crippen molar-refractivity contribution in [2.45, 2.75) is 32.2 Å². The van der Waals surface area contributed by atoms with Crippen LogP contribution in [0, 0.1) is 0 Å². The number of pyridine rings is 1. The van der Waals surface area contributed by atoms with Gasteiger partial charge in [0.1, 0.15) is 5.15 Å². The lowest BCUT2D eigenvalue weighted by atomic mass is 9.86. The molecule has 0 saturated carbocycles. The number of hydrazine groups is 1. The molecule has 3 nitrogen and oxygen atoms in total. The summed E-state index contributed by atoms with van der Waals surface area (Å²) >= 11 is 5.94. The Bertz CT molecular complexity index is 573. The minimum absolute atomic E-state index is 0.0930. The van der Waals surface area contributed by atoms with Crippen molar-refractivity contribution < 1.29 is 0 Å². The van der Waals surface area contributed by atoms with Gasteiger partial charge in [0.05, 0.1) is 6.04 Å². The van der Waals surface area contributed by atoms with Crippen LogP contribution in [0.25, 0.3) is 0 Å². The molecule has 0 bridgehead atoms. The molecule has 0 aliphatic carbocycles. The van der Waals surface area contributed by atoms with Gasteiger partial charge in [-0.2, -0.15) is 0 Å². The van der Waals surface area contributed by atoms with E-state index in [1.54, 1.807) is 6.20 Å². The summed E-state index contributed by atoms with van der Waals surface area (Å²) in [6.07, 6.45) is 1.69. The van der Waals surface area contributed by atoms with E-state index in [4.69, 9.17) is 17.4 Å². The summed E-state index contributed by atoms with van der Waals surface area (Å²) in [6.45, 7) is 6.59. The van der Waals surface area contributed by atoms with E-state index in [1.165, 1.54) is 5.56 Å². The van der Waals surface area contributed by atoms with Gasteiger partial charge in [-0.1, -0.05) is 56.6 Å². The van der Waals surface area contributed by atoms with E-state index in [2.05, 4.69) is 55.4 Å². The summed E-state index contributed by atoms with van der Waals surface area (Å²) < 4.78 is 0. The van der Waals surface area contributed by atoms with Crippen molar-refractivity contribution in [3.8, 4) is 0 Å². The van der Waals surface area contributed by atoms with E-state index in [-0.39, 0.29) is 11.5 Å². The second kappa shape index (κ2) is 5.92. The summed E-state index contributed by atoms with van der Waals surface area (Å²) in [7, 11) is 0. The first-order chi connectivity index (χ1) is 9.41. The molecule has 20 heavy (non-hydrogen) atoms. The summed E-state index contributed by atoms with van der Waals surface area (Å²) in [6, 6.07) is 12.1. The topological polar surface area (TPSA) is 50.9 Å². The Morgan fingerprint density at radius 2 is 1.75 bits per heavy atom. The Balaban J connectivity index is 2.33. The summed E-state index contributed by atoms with van der Waals surface area (Å²) in [4.78, 5) is 3.99. The summed E-state index contributed by atoms with van der Waals surface area (Å²) in [5.74, 6) is 5.70. The molecule has 4 heteroatoms. The minimum atomic E-state index is -0.0930. The number of nitrogens with zero attached hydrogens (tertiary/aromatic N) is 1. The van der Waals surface area contributed by atoms with Crippen molar-refractivity contribution in [1.82, 2.24) is 10.4 Å². The second-order valence-electron chi connectivity index (χ2n) is 5.88. The average Bonchev–Trinajstić information content (AvgIpc) is 2.39. The van der Waals surface area contributed by atoms with Crippen LogP contribution < -0.4 is 11.3 Å². The lowest BCUT2D eigenvalue weighted by Crippen LogP contribution is -2.29. The number of rotatable bonds is 3. The van der Waals surface area contributed by atoms with Gasteiger partial charge in [0.25, 0.3) is 0 Å². The highest BCUT2D eigenvalue weighted by Crippen LogP contribution is 2.26. The number of nitrogens with two attached hydrogens (primary N) is 1. The molecule has 0 saturated heterocycles. The molecule has 1 atom stereocenters. The summed E-state index contributed by atoms with van der Waals surface area (Å²) in [5.41, 5.74) is 6.37. The molecule has 2 rings (SSSR count). The zero-order valence-electron chi connectivity index (χ0n) is 12.0. The van der Waals surface area contributed by atoms with Gasteiger partial charge in [0.2, 0.25) is 0 Å². The number of benzene rings is 1. The van der Waals surface area contributed by atoms with Crippen molar-refractivity contribution in [2.24, 2.45) is 5.84 Å². The van der Waals surface area contributed by atoms with E-state index in [0.717, 1.165) is 11.1 Å². The highest BCUT2D eigenvalue weighted by Gasteiger charge is 2.16. The maximum atomic E-state index is 5.94. The first kappa shape index (κ1) is 15.0. The molecule has 1 aromatic carbocycles. The van der Waals surface area contributed by atoms with Gasteiger partial charge in [-0.05, 0) is 34.2 Å². The van der Waals surface area contributed by atoms with Gasteiger partial charge < -0.3 is 0 Å². The minimum Gasteiger partial charge on any atom is -0.271 e. The largest absolute Gasteiger partial charge is 0.271 e. The molecule has 1 unspecified atom stereocenters. The van der Waals surface area contributed by atoms with E-state index in [0.29, 0.717) is 5.15 Å². The first-order valence-corrected chi connectivity index (χ1v) is 6.97. The SMILES string of the molecule is CC(C)(C)c1ccc(C(NN)c2ccnc(Cl)c2)cc1. The Labute approximate surface area is 125 Å². The standard InChI is InChI=1S/C16H20ClN3/c1-16(2,3)13-6-4-11(5-7-13)15(20-18)12-8-9-19-14(17)10-12/h4-10,15,20H,18H2,1-3H3. The van der Waals surface area contributed by atoms with Crippen LogP contribution in [-0.4, -0.2) is 4.98 Å². The zero-order valence-corrected chi connectivity index (χ0v) is 12.8. The molecule has 2 aromatic rings. The molecule has 0 fully saturated rings. The van der Waals surface area contributed by atoms with E-state index in [1.807, 2.05) is 12.1 Å². The lowest BCUT2D eigenvalue weighted by Gasteiger charge is -2.21. The Morgan fingerprint density at radius 1 is 1.10 bits per heavy atom. The van der Waals surface area contributed by atoms with Crippen LogP contribution in [0.5, 0.6) is 0 Å². The third kappa shape index (κ3) is 3.37. The number of hydrogen-bond acceptors (Lipinski definition) is 3. The summed E-state index contributed by atoms with van der Waals surface area (Å²) in [5, 5.41) is 0.467. The second-order valence-corrected chi connectivity index (χ2v) is 6.27. The monoisotopic (exact) mass is 289 g/mol. The van der Waals surface area contributed by atoms with Crippen molar-refractivity contribution in [3.63, 3.8) is 0 Å². The maximum Gasteiger partial charge on any atom is 0.129 e. The van der Waals surface area contributed by atoms with Gasteiger partial charge in [0.15, 0.2) is 0 Å². The quantitative estimate of drug-likeness (QED) is 0.516. The predicted octanol–water partition coefficient (Wildman–Crippen LogP) is 3.59. The average molecular weight is 290 g/mol. The molecule has 0 amide bonds. The molecule has 0 radical (unpaired) electrons. The smallest absolute Gasteiger partial charge is 0.129 e. The molecular weight excluding hydrogens is 270 g/mol. The fourth-order valence-electron chi connectivity index (χ4n) is 2.16. The van der Waals surface area contributed by atoms with Crippen molar-refractivity contribution in [1.29, 1.82) is 0 Å². The van der Waals surface area contributed by atoms with E-state index in [9.17, 15) is 0 Å². The van der Waals surface area contributed by atoms with E-state index < -0.39 is 0 Å². The van der Waals surface area contributed by atoms with Crippen molar-refractivity contribution in [3.05, 3.63) is 64.4 Å². The third-order valence-corrected chi connectivity index (χ3v) is 3.57. The third-order valence-electron chi connectivity index (χ3n) is 3.36. The van der Waals surface area contributed by atoms with Crippen LogP contribution in [0.3, 0.4) is 0 Å². The Morgan fingerprint density at radius 3 is 2.25 bits per heavy atom. The van der Waals surface area contributed by atoms with Gasteiger partial charge in [-0.25, -0.2) is 10.4 Å². The Kier molecular flexibility index (Phi) is 4.43. The van der Waals surface area contributed by atoms with Crippen molar-refractivity contribution >= 4 is 11.6 Å². The van der Waals surface area contributed by atoms with Gasteiger partial charge >= 0.3 is 0 Å². The van der Waals surface area contributed by atoms with Crippen LogP contribution in [0.1, 0.15) is 43.5 Å².